The number of benzene rings is 3. The van der Waals surface area contributed by atoms with E-state index in [0.29, 0.717) is 5.57 Å². The van der Waals surface area contributed by atoms with Crippen LogP contribution in [0.1, 0.15) is 13.8 Å². The molecule has 5 nitrogen and oxygen atoms in total. The molecule has 0 N–H and O–H groups in total. The summed E-state index contributed by atoms with van der Waals surface area (Å²) in [6, 6.07) is 30.0. The lowest BCUT2D eigenvalue weighted by Gasteiger charge is -2.25. The van der Waals surface area contributed by atoms with Crippen molar-refractivity contribution in [3.63, 3.8) is 0 Å². The molecular formula is C26H25N2O3P. The molecule has 3 aromatic rings. The summed E-state index contributed by atoms with van der Waals surface area (Å²) in [4.78, 5) is 29.1. The van der Waals surface area contributed by atoms with Gasteiger partial charge in [0.05, 0.1) is 14.2 Å². The number of ether oxygens (including phenoxy) is 1. The van der Waals surface area contributed by atoms with Gasteiger partial charge in [-0.3, -0.25) is 4.79 Å². The Balaban J connectivity index is 2.40. The van der Waals surface area contributed by atoms with Gasteiger partial charge in [0.15, 0.2) is 5.78 Å². The fourth-order valence-corrected chi connectivity index (χ4v) is 6.61. The average molecular weight is 444 g/mol. The monoisotopic (exact) mass is 444 g/mol. The average Bonchev–Trinajstić information content (AvgIpc) is 2.83. The van der Waals surface area contributed by atoms with E-state index in [9.17, 15) is 9.59 Å². The number of allylic oxidation sites excluding steroid dienone is 1. The normalized spacial score (nSPS) is 12.2. The van der Waals surface area contributed by atoms with Crippen molar-refractivity contribution in [3.8, 4) is 0 Å². The molecule has 0 saturated heterocycles. The third-order valence-electron chi connectivity index (χ3n) is 4.91. The highest BCUT2D eigenvalue weighted by molar-refractivity contribution is 7.87. The van der Waals surface area contributed by atoms with Gasteiger partial charge in [-0.15, -0.1) is 5.10 Å². The summed E-state index contributed by atoms with van der Waals surface area (Å²) in [5.41, 5.74) is 0.531. The predicted molar refractivity (Wildman–Crippen MR) is 131 cm³/mol. The van der Waals surface area contributed by atoms with Gasteiger partial charge in [-0.05, 0) is 12.5 Å². The van der Waals surface area contributed by atoms with Crippen molar-refractivity contribution in [1.82, 2.24) is 0 Å². The summed E-state index contributed by atoms with van der Waals surface area (Å²) >= 11 is 0. The van der Waals surface area contributed by atoms with E-state index in [1.807, 2.05) is 91.0 Å². The van der Waals surface area contributed by atoms with E-state index in [4.69, 9.17) is 9.59 Å². The van der Waals surface area contributed by atoms with Gasteiger partial charge in [-0.25, -0.2) is 4.79 Å². The molecule has 0 fully saturated rings. The summed E-state index contributed by atoms with van der Waals surface area (Å²) < 4.78 is 4.70. The van der Waals surface area contributed by atoms with E-state index >= 15 is 0 Å². The summed E-state index contributed by atoms with van der Waals surface area (Å²) in [6.07, 6.45) is 1.25. The molecular weight excluding hydrogens is 419 g/mol. The Hall–Kier alpha value is -3.56. The molecule has 3 rings (SSSR count). The molecule has 3 aromatic carbocycles. The molecule has 6 heteroatoms. The van der Waals surface area contributed by atoms with Crippen LogP contribution in [0, 0.1) is 0 Å². The largest absolute Gasteiger partial charge is 0.466 e. The Morgan fingerprint density at radius 1 is 0.750 bits per heavy atom. The molecule has 0 unspecified atom stereocenters. The standard InChI is InChI=1S/C26H25N2O3P/c1-20(19-25(30)31-3)26(21(2)29)27-28-32(22-13-7-4-8-14-22,23-15-9-5-10-16-23)24-17-11-6-12-18-24/h4-19H,1-3H3/b20-19+,27-26-. The lowest BCUT2D eigenvalue weighted by Crippen LogP contribution is -2.25. The van der Waals surface area contributed by atoms with Gasteiger partial charge in [0.2, 0.25) is 0 Å². The Labute approximate surface area is 188 Å². The van der Waals surface area contributed by atoms with E-state index in [-0.39, 0.29) is 11.5 Å². The van der Waals surface area contributed by atoms with Crippen LogP contribution in [0.25, 0.3) is 0 Å². The topological polar surface area (TPSA) is 68.1 Å². The van der Waals surface area contributed by atoms with Crippen molar-refractivity contribution < 1.29 is 14.3 Å². The van der Waals surface area contributed by atoms with Crippen LogP contribution in [0.15, 0.2) is 113 Å². The molecule has 0 radical (unpaired) electrons. The maximum atomic E-state index is 12.4. The van der Waals surface area contributed by atoms with Crippen LogP contribution in [0.2, 0.25) is 0 Å². The second-order valence-corrected chi connectivity index (χ2v) is 10.1. The van der Waals surface area contributed by atoms with Gasteiger partial charge < -0.3 is 4.74 Å². The minimum atomic E-state index is -2.59. The number of methoxy groups -OCH3 is 1. The SMILES string of the molecule is COC(=O)/C=C(C)/C(=N/N=P(c1ccccc1)(c1ccccc1)c1ccccc1)C(C)=O. The van der Waals surface area contributed by atoms with Gasteiger partial charge in [0.25, 0.3) is 0 Å². The number of hydrogen-bond donors (Lipinski definition) is 0. The zero-order valence-corrected chi connectivity index (χ0v) is 19.2. The summed E-state index contributed by atoms with van der Waals surface area (Å²) in [7, 11) is -1.30. The lowest BCUT2D eigenvalue weighted by molar-refractivity contribution is -0.134. The van der Waals surface area contributed by atoms with Crippen LogP contribution in [-0.2, 0) is 14.3 Å². The molecule has 32 heavy (non-hydrogen) atoms. The van der Waals surface area contributed by atoms with E-state index in [0.717, 1.165) is 15.9 Å². The molecule has 0 spiro atoms. The second-order valence-electron chi connectivity index (χ2n) is 7.09. The van der Waals surface area contributed by atoms with E-state index in [1.54, 1.807) is 6.92 Å². The quantitative estimate of drug-likeness (QED) is 0.180. The van der Waals surface area contributed by atoms with Crippen LogP contribution in [0.3, 0.4) is 0 Å². The van der Waals surface area contributed by atoms with Gasteiger partial charge in [0.1, 0.15) is 5.71 Å². The summed E-state index contributed by atoms with van der Waals surface area (Å²) in [5, 5.41) is 7.52. The highest BCUT2D eigenvalue weighted by Crippen LogP contribution is 2.46. The smallest absolute Gasteiger partial charge is 0.330 e. The fraction of sp³-hybridized carbons (Fsp3) is 0.115. The number of hydrogen-bond acceptors (Lipinski definition) is 4. The number of nitrogens with zero attached hydrogens (tertiary/aromatic N) is 2. The maximum Gasteiger partial charge on any atom is 0.330 e. The van der Waals surface area contributed by atoms with Crippen molar-refractivity contribution in [2.24, 2.45) is 9.96 Å². The van der Waals surface area contributed by atoms with Crippen molar-refractivity contribution in [2.45, 2.75) is 13.8 Å². The molecule has 162 valence electrons. The van der Waals surface area contributed by atoms with Gasteiger partial charge in [-0.1, -0.05) is 91.0 Å². The van der Waals surface area contributed by atoms with Crippen LogP contribution < -0.4 is 15.9 Å². The molecule has 0 aliphatic carbocycles. The molecule has 0 aromatic heterocycles. The van der Waals surface area contributed by atoms with E-state index in [2.05, 4.69) is 5.10 Å². The highest BCUT2D eigenvalue weighted by atomic mass is 31.2. The minimum absolute atomic E-state index is 0.127. The first-order valence-electron chi connectivity index (χ1n) is 10.1. The number of carbonyl (C=O) groups is 2. The van der Waals surface area contributed by atoms with Gasteiger partial charge in [-0.2, -0.15) is 4.85 Å². The van der Waals surface area contributed by atoms with Crippen molar-refractivity contribution in [3.05, 3.63) is 103 Å². The number of rotatable bonds is 7. The highest BCUT2D eigenvalue weighted by Gasteiger charge is 2.28. The van der Waals surface area contributed by atoms with E-state index in [1.165, 1.54) is 20.1 Å². The minimum Gasteiger partial charge on any atom is -0.466 e. The van der Waals surface area contributed by atoms with Crippen LogP contribution in [0.4, 0.5) is 0 Å². The Kier molecular flexibility index (Phi) is 7.69. The van der Waals surface area contributed by atoms with Crippen molar-refractivity contribution in [2.75, 3.05) is 7.11 Å². The zero-order valence-electron chi connectivity index (χ0n) is 18.3. The van der Waals surface area contributed by atoms with Crippen molar-refractivity contribution in [1.29, 1.82) is 0 Å². The third-order valence-corrected chi connectivity index (χ3v) is 8.41. The Morgan fingerprint density at radius 2 is 1.16 bits per heavy atom. The first-order valence-corrected chi connectivity index (χ1v) is 11.9. The second kappa shape index (κ2) is 10.7. The molecule has 0 aliphatic heterocycles. The third kappa shape index (κ3) is 5.01. The van der Waals surface area contributed by atoms with Crippen LogP contribution in [-0.4, -0.2) is 24.6 Å². The fourth-order valence-electron chi connectivity index (χ4n) is 3.38. The number of esters is 1. The van der Waals surface area contributed by atoms with Crippen LogP contribution in [0.5, 0.6) is 0 Å². The summed E-state index contributed by atoms with van der Waals surface area (Å²) in [6.45, 7) is 3.07. The van der Waals surface area contributed by atoms with Crippen molar-refractivity contribution >= 4 is 40.4 Å². The Bertz CT molecular complexity index is 1100. The molecule has 0 heterocycles. The number of carbonyl (C=O) groups excluding carboxylic acids is 2. The molecule has 0 saturated carbocycles. The Morgan fingerprint density at radius 3 is 1.50 bits per heavy atom. The molecule has 0 bridgehead atoms. The first kappa shape index (κ1) is 23.1. The molecule has 0 atom stereocenters. The summed E-state index contributed by atoms with van der Waals surface area (Å²) in [5.74, 6) is -0.828. The zero-order chi connectivity index (χ0) is 23.0. The first-order chi connectivity index (χ1) is 15.5. The molecule has 0 aliphatic rings. The van der Waals surface area contributed by atoms with Gasteiger partial charge in [0, 0.05) is 28.9 Å². The van der Waals surface area contributed by atoms with Crippen LogP contribution >= 0.6 is 7.05 Å². The lowest BCUT2D eigenvalue weighted by atomic mass is 10.1. The number of Topliss-reactive ketones (excluding diaryl/α,β-unsaturated/α-hetero) is 1. The van der Waals surface area contributed by atoms with Gasteiger partial charge >= 0.3 is 5.97 Å². The number of ketones is 1. The maximum absolute atomic E-state index is 12.4. The molecule has 0 amide bonds. The van der Waals surface area contributed by atoms with E-state index < -0.39 is 13.0 Å². The predicted octanol–water partition coefficient (Wildman–Crippen LogP) is 4.23.